The Hall–Kier alpha value is -2.30. The van der Waals surface area contributed by atoms with Gasteiger partial charge >= 0.3 is 0 Å². The summed E-state index contributed by atoms with van der Waals surface area (Å²) >= 11 is 0. The Balaban J connectivity index is 0.00000231. The summed E-state index contributed by atoms with van der Waals surface area (Å²) in [7, 11) is -3.15. The van der Waals surface area contributed by atoms with Crippen LogP contribution in [0.3, 0.4) is 0 Å². The second kappa shape index (κ2) is 9.05. The summed E-state index contributed by atoms with van der Waals surface area (Å²) in [5.41, 5.74) is 7.39. The van der Waals surface area contributed by atoms with Crippen LogP contribution in [0.25, 0.3) is 11.1 Å². The minimum absolute atomic E-state index is 0. The summed E-state index contributed by atoms with van der Waals surface area (Å²) in [6.45, 7) is 0.579. The Kier molecular flexibility index (Phi) is 6.40. The largest absolute Gasteiger partial charge is 0.270 e. The van der Waals surface area contributed by atoms with E-state index in [1.165, 1.54) is 36.0 Å². The lowest BCUT2D eigenvalue weighted by Crippen LogP contribution is -2.24. The number of fused-ring (bicyclic) bond motifs is 1. The molecule has 1 heterocycles. The first-order chi connectivity index (χ1) is 14.6. The summed E-state index contributed by atoms with van der Waals surface area (Å²) in [4.78, 5) is 0. The fraction of sp³-hybridized carbons (Fsp3) is 0.308. The van der Waals surface area contributed by atoms with Crippen molar-refractivity contribution in [1.82, 2.24) is 0 Å². The molecule has 0 atom stereocenters. The Bertz CT molecular complexity index is 1130. The van der Waals surface area contributed by atoms with Crippen LogP contribution in [-0.2, 0) is 29.3 Å². The summed E-state index contributed by atoms with van der Waals surface area (Å²) in [6.07, 6.45) is 5.44. The Labute approximate surface area is 191 Å². The standard InChI is InChI=1S/C26H27NO2S.ClH/c28-30(29)16-4-15-27(30)26-8-3-7-25(19-26)22-13-11-20(12-14-22)9-10-21-17-23-5-1-2-6-24(23)18-21;/h1-3,5-8,11-14,19,21H,4,9-10,15-18H2;1H. The predicted molar refractivity (Wildman–Crippen MR) is 131 cm³/mol. The van der Waals surface area contributed by atoms with Gasteiger partial charge < -0.3 is 0 Å². The van der Waals surface area contributed by atoms with Gasteiger partial charge in [0.15, 0.2) is 0 Å². The summed E-state index contributed by atoms with van der Waals surface area (Å²) < 4.78 is 26.0. The predicted octanol–water partition coefficient (Wildman–Crippen LogP) is 5.66. The van der Waals surface area contributed by atoms with Gasteiger partial charge in [0.05, 0.1) is 11.4 Å². The zero-order chi connectivity index (χ0) is 20.6. The van der Waals surface area contributed by atoms with Crippen LogP contribution in [0, 0.1) is 5.92 Å². The molecule has 162 valence electrons. The van der Waals surface area contributed by atoms with Crippen LogP contribution in [0.4, 0.5) is 5.69 Å². The molecular formula is C26H28ClNO2S. The van der Waals surface area contributed by atoms with Gasteiger partial charge in [-0.25, -0.2) is 8.42 Å². The number of anilines is 1. The monoisotopic (exact) mass is 453 g/mol. The fourth-order valence-corrected chi connectivity index (χ4v) is 6.42. The molecule has 2 aliphatic rings. The minimum Gasteiger partial charge on any atom is -0.270 e. The van der Waals surface area contributed by atoms with Crippen LogP contribution in [0.15, 0.2) is 72.8 Å². The molecule has 3 aromatic rings. The van der Waals surface area contributed by atoms with E-state index in [0.29, 0.717) is 13.0 Å². The van der Waals surface area contributed by atoms with Crippen molar-refractivity contribution in [2.45, 2.75) is 32.1 Å². The zero-order valence-electron chi connectivity index (χ0n) is 17.5. The molecule has 0 N–H and O–H groups in total. The molecule has 1 aliphatic carbocycles. The molecule has 31 heavy (non-hydrogen) atoms. The van der Waals surface area contributed by atoms with Crippen molar-refractivity contribution in [3.05, 3.63) is 89.5 Å². The number of sulfonamides is 1. The number of hydrogen-bond acceptors (Lipinski definition) is 2. The van der Waals surface area contributed by atoms with Crippen LogP contribution in [-0.4, -0.2) is 20.7 Å². The number of hydrogen-bond donors (Lipinski definition) is 0. The number of benzene rings is 3. The fourth-order valence-electron chi connectivity index (χ4n) is 4.86. The topological polar surface area (TPSA) is 37.4 Å². The average Bonchev–Trinajstić information content (AvgIpc) is 3.34. The van der Waals surface area contributed by atoms with Gasteiger partial charge in [-0.15, -0.1) is 12.4 Å². The van der Waals surface area contributed by atoms with E-state index in [0.717, 1.165) is 29.2 Å². The molecule has 0 unspecified atom stereocenters. The molecule has 0 saturated carbocycles. The van der Waals surface area contributed by atoms with Crippen molar-refractivity contribution < 1.29 is 8.42 Å². The van der Waals surface area contributed by atoms with E-state index >= 15 is 0 Å². The second-order valence-corrected chi connectivity index (χ2v) is 10.6. The van der Waals surface area contributed by atoms with Crippen molar-refractivity contribution in [3.63, 3.8) is 0 Å². The molecule has 0 bridgehead atoms. The highest BCUT2D eigenvalue weighted by Gasteiger charge is 2.28. The molecule has 0 amide bonds. The maximum absolute atomic E-state index is 12.2. The molecule has 1 fully saturated rings. The van der Waals surface area contributed by atoms with Crippen LogP contribution in [0.2, 0.25) is 0 Å². The molecular weight excluding hydrogens is 426 g/mol. The van der Waals surface area contributed by atoms with Crippen LogP contribution >= 0.6 is 12.4 Å². The summed E-state index contributed by atoms with van der Waals surface area (Å²) in [5.74, 6) is 0.999. The number of aryl methyl sites for hydroxylation is 1. The van der Waals surface area contributed by atoms with E-state index in [9.17, 15) is 8.42 Å². The molecule has 5 rings (SSSR count). The van der Waals surface area contributed by atoms with Crippen molar-refractivity contribution >= 4 is 28.1 Å². The Morgan fingerprint density at radius 1 is 0.839 bits per heavy atom. The molecule has 3 nitrogen and oxygen atoms in total. The second-order valence-electron chi connectivity index (χ2n) is 8.57. The Morgan fingerprint density at radius 3 is 2.19 bits per heavy atom. The summed E-state index contributed by atoms with van der Waals surface area (Å²) in [5, 5.41) is 0. The maximum Gasteiger partial charge on any atom is 0.235 e. The van der Waals surface area contributed by atoms with E-state index in [-0.39, 0.29) is 18.2 Å². The van der Waals surface area contributed by atoms with Gasteiger partial charge in [0.1, 0.15) is 0 Å². The molecule has 0 aromatic heterocycles. The lowest BCUT2D eigenvalue weighted by molar-refractivity contribution is 0.514. The van der Waals surface area contributed by atoms with Gasteiger partial charge in [-0.1, -0.05) is 60.7 Å². The third kappa shape index (κ3) is 4.65. The lowest BCUT2D eigenvalue weighted by atomic mass is 9.95. The van der Waals surface area contributed by atoms with Gasteiger partial charge in [-0.2, -0.15) is 0 Å². The first-order valence-corrected chi connectivity index (χ1v) is 12.5. The van der Waals surface area contributed by atoms with Gasteiger partial charge in [-0.3, -0.25) is 4.31 Å². The molecule has 0 spiro atoms. The highest BCUT2D eigenvalue weighted by molar-refractivity contribution is 7.93. The molecule has 1 aliphatic heterocycles. The molecule has 3 aromatic carbocycles. The summed E-state index contributed by atoms with van der Waals surface area (Å²) in [6, 6.07) is 25.5. The van der Waals surface area contributed by atoms with Crippen molar-refractivity contribution in [3.8, 4) is 11.1 Å². The van der Waals surface area contributed by atoms with E-state index < -0.39 is 10.0 Å². The first-order valence-electron chi connectivity index (χ1n) is 10.8. The third-order valence-electron chi connectivity index (χ3n) is 6.50. The quantitative estimate of drug-likeness (QED) is 0.499. The molecule has 0 radical (unpaired) electrons. The van der Waals surface area contributed by atoms with Crippen molar-refractivity contribution in [2.24, 2.45) is 5.92 Å². The van der Waals surface area contributed by atoms with Crippen molar-refractivity contribution in [2.75, 3.05) is 16.6 Å². The van der Waals surface area contributed by atoms with Gasteiger partial charge in [0.25, 0.3) is 0 Å². The number of halogens is 1. The number of nitrogens with zero attached hydrogens (tertiary/aromatic N) is 1. The van der Waals surface area contributed by atoms with Crippen molar-refractivity contribution in [1.29, 1.82) is 0 Å². The number of rotatable bonds is 5. The van der Waals surface area contributed by atoms with Crippen LogP contribution in [0.5, 0.6) is 0 Å². The highest BCUT2D eigenvalue weighted by Crippen LogP contribution is 2.31. The zero-order valence-corrected chi connectivity index (χ0v) is 19.2. The molecule has 1 saturated heterocycles. The first kappa shape index (κ1) is 21.9. The molecule has 5 heteroatoms. The minimum atomic E-state index is -3.15. The maximum atomic E-state index is 12.2. The Morgan fingerprint density at radius 2 is 1.55 bits per heavy atom. The smallest absolute Gasteiger partial charge is 0.235 e. The average molecular weight is 454 g/mol. The van der Waals surface area contributed by atoms with E-state index in [2.05, 4.69) is 54.6 Å². The van der Waals surface area contributed by atoms with Gasteiger partial charge in [0, 0.05) is 6.54 Å². The SMILES string of the molecule is Cl.O=S1(=O)CCCN1c1cccc(-c2ccc(CCC3Cc4ccccc4C3)cc2)c1. The van der Waals surface area contributed by atoms with Crippen LogP contribution in [0.1, 0.15) is 29.5 Å². The normalized spacial score (nSPS) is 17.4. The lowest BCUT2D eigenvalue weighted by Gasteiger charge is -2.17. The van der Waals surface area contributed by atoms with Crippen LogP contribution < -0.4 is 4.31 Å². The van der Waals surface area contributed by atoms with Gasteiger partial charge in [-0.05, 0) is 78.0 Å². The van der Waals surface area contributed by atoms with Gasteiger partial charge in [0.2, 0.25) is 10.0 Å². The van der Waals surface area contributed by atoms with E-state index in [1.54, 1.807) is 4.31 Å². The van der Waals surface area contributed by atoms with E-state index in [4.69, 9.17) is 0 Å². The van der Waals surface area contributed by atoms with E-state index in [1.807, 2.05) is 18.2 Å². The highest BCUT2D eigenvalue weighted by atomic mass is 35.5. The third-order valence-corrected chi connectivity index (χ3v) is 8.37.